The number of nitriles is 1. The summed E-state index contributed by atoms with van der Waals surface area (Å²) in [6, 6.07) is 8.49. The summed E-state index contributed by atoms with van der Waals surface area (Å²) in [5.41, 5.74) is 4.02. The van der Waals surface area contributed by atoms with Gasteiger partial charge in [-0.25, -0.2) is 4.98 Å². The van der Waals surface area contributed by atoms with Crippen molar-refractivity contribution in [2.45, 2.75) is 25.9 Å². The summed E-state index contributed by atoms with van der Waals surface area (Å²) in [6.07, 6.45) is 4.79. The number of imidazole rings is 1. The summed E-state index contributed by atoms with van der Waals surface area (Å²) in [7, 11) is 2.13. The molecule has 4 nitrogen and oxygen atoms in total. The van der Waals surface area contributed by atoms with Crippen molar-refractivity contribution in [1.82, 2.24) is 14.3 Å². The van der Waals surface area contributed by atoms with Crippen LogP contribution >= 0.6 is 11.3 Å². The van der Waals surface area contributed by atoms with Crippen LogP contribution in [0.4, 0.5) is 0 Å². The minimum atomic E-state index is 0.444. The zero-order chi connectivity index (χ0) is 15.5. The molecule has 0 bridgehead atoms. The maximum absolute atomic E-state index is 9.05. The molecule has 0 spiro atoms. The average Bonchev–Trinajstić information content (AvgIpc) is 3.17. The molecule has 3 aromatic heterocycles. The van der Waals surface area contributed by atoms with Crippen molar-refractivity contribution in [2.75, 3.05) is 7.05 Å². The van der Waals surface area contributed by atoms with Crippen LogP contribution in [0.1, 0.15) is 23.7 Å². The molecule has 3 aromatic rings. The summed E-state index contributed by atoms with van der Waals surface area (Å²) >= 11 is 1.74. The quantitative estimate of drug-likeness (QED) is 0.726. The molecule has 22 heavy (non-hydrogen) atoms. The van der Waals surface area contributed by atoms with Gasteiger partial charge in [-0.15, -0.1) is 0 Å². The van der Waals surface area contributed by atoms with E-state index in [2.05, 4.69) is 46.8 Å². The number of hydrogen-bond donors (Lipinski definition) is 0. The number of hydrogen-bond acceptors (Lipinski definition) is 4. The Balaban J connectivity index is 1.76. The van der Waals surface area contributed by atoms with E-state index in [1.807, 2.05) is 22.9 Å². The van der Waals surface area contributed by atoms with Gasteiger partial charge >= 0.3 is 0 Å². The van der Waals surface area contributed by atoms with Crippen LogP contribution in [0.25, 0.3) is 5.65 Å². The zero-order valence-electron chi connectivity index (χ0n) is 12.7. The highest BCUT2D eigenvalue weighted by atomic mass is 32.1. The molecule has 0 saturated carbocycles. The molecule has 0 amide bonds. The van der Waals surface area contributed by atoms with Crippen molar-refractivity contribution < 1.29 is 0 Å². The molecular weight excluding hydrogens is 292 g/mol. The van der Waals surface area contributed by atoms with Crippen LogP contribution in [0, 0.1) is 11.3 Å². The first kappa shape index (κ1) is 14.8. The van der Waals surface area contributed by atoms with E-state index in [0.717, 1.165) is 24.3 Å². The monoisotopic (exact) mass is 310 g/mol. The molecule has 5 heteroatoms. The molecule has 0 aromatic carbocycles. The fourth-order valence-corrected chi connectivity index (χ4v) is 3.21. The van der Waals surface area contributed by atoms with Gasteiger partial charge in [-0.3, -0.25) is 4.90 Å². The largest absolute Gasteiger partial charge is 0.301 e. The highest BCUT2D eigenvalue weighted by Gasteiger charge is 2.13. The van der Waals surface area contributed by atoms with Crippen LogP contribution in [-0.2, 0) is 13.0 Å². The lowest BCUT2D eigenvalue weighted by atomic mass is 10.1. The van der Waals surface area contributed by atoms with Gasteiger partial charge in [0.2, 0.25) is 0 Å². The van der Waals surface area contributed by atoms with Gasteiger partial charge in [0.25, 0.3) is 0 Å². The van der Waals surface area contributed by atoms with Crippen LogP contribution in [0.15, 0.2) is 41.4 Å². The van der Waals surface area contributed by atoms with E-state index < -0.39 is 0 Å². The Morgan fingerprint density at radius 3 is 3.00 bits per heavy atom. The number of fused-ring (bicyclic) bond motifs is 1. The predicted molar refractivity (Wildman–Crippen MR) is 88.9 cm³/mol. The minimum absolute atomic E-state index is 0.444. The number of rotatable bonds is 5. The summed E-state index contributed by atoms with van der Waals surface area (Å²) < 4.78 is 2.01. The average molecular weight is 310 g/mol. The van der Waals surface area contributed by atoms with E-state index in [9.17, 15) is 0 Å². The maximum Gasteiger partial charge on any atom is 0.137 e. The summed E-state index contributed by atoms with van der Waals surface area (Å²) in [5, 5.41) is 13.4. The van der Waals surface area contributed by atoms with Crippen molar-refractivity contribution >= 4 is 17.0 Å². The van der Waals surface area contributed by atoms with Gasteiger partial charge in [-0.05, 0) is 54.9 Å². The lowest BCUT2D eigenvalue weighted by Crippen LogP contribution is -2.30. The molecule has 3 rings (SSSR count). The SMILES string of the molecule is CC(Cc1ccsc1)N(C)Cc1cnc2ccc(C#N)cn12. The summed E-state index contributed by atoms with van der Waals surface area (Å²) in [4.78, 5) is 6.73. The highest BCUT2D eigenvalue weighted by Crippen LogP contribution is 2.15. The normalized spacial score (nSPS) is 12.6. The molecule has 0 fully saturated rings. The molecule has 0 N–H and O–H groups in total. The third-order valence-corrected chi connectivity index (χ3v) is 4.72. The van der Waals surface area contributed by atoms with Gasteiger partial charge in [0.05, 0.1) is 17.5 Å². The molecule has 0 radical (unpaired) electrons. The van der Waals surface area contributed by atoms with Crippen molar-refractivity contribution in [3.05, 3.63) is 58.2 Å². The molecule has 3 heterocycles. The molecule has 1 atom stereocenters. The number of nitrogens with zero attached hydrogens (tertiary/aromatic N) is 4. The second-order valence-corrected chi connectivity index (χ2v) is 6.39. The molecule has 0 aliphatic carbocycles. The third kappa shape index (κ3) is 3.03. The molecule has 0 saturated heterocycles. The molecular formula is C17H18N4S. The van der Waals surface area contributed by atoms with E-state index in [0.29, 0.717) is 11.6 Å². The standard InChI is InChI=1S/C17H18N4S/c1-13(7-14-5-6-22-12-14)20(2)11-16-9-19-17-4-3-15(8-18)10-21(16)17/h3-6,9-10,12-13H,7,11H2,1-2H3. The van der Waals surface area contributed by atoms with Gasteiger partial charge in [0.15, 0.2) is 0 Å². The van der Waals surface area contributed by atoms with Crippen molar-refractivity contribution in [3.63, 3.8) is 0 Å². The van der Waals surface area contributed by atoms with E-state index in [4.69, 9.17) is 5.26 Å². The zero-order valence-corrected chi connectivity index (χ0v) is 13.5. The van der Waals surface area contributed by atoms with Gasteiger partial charge < -0.3 is 4.40 Å². The maximum atomic E-state index is 9.05. The number of pyridine rings is 1. The smallest absolute Gasteiger partial charge is 0.137 e. The van der Waals surface area contributed by atoms with Crippen molar-refractivity contribution in [3.8, 4) is 6.07 Å². The van der Waals surface area contributed by atoms with Crippen LogP contribution in [0.2, 0.25) is 0 Å². The highest BCUT2D eigenvalue weighted by molar-refractivity contribution is 7.07. The number of thiophene rings is 1. The van der Waals surface area contributed by atoms with E-state index in [1.54, 1.807) is 17.4 Å². The first-order chi connectivity index (χ1) is 10.7. The first-order valence-corrected chi connectivity index (χ1v) is 8.19. The number of aromatic nitrogens is 2. The Labute approximate surface area is 134 Å². The van der Waals surface area contributed by atoms with Gasteiger partial charge in [-0.2, -0.15) is 16.6 Å². The fourth-order valence-electron chi connectivity index (χ4n) is 2.53. The van der Waals surface area contributed by atoms with Crippen molar-refractivity contribution in [2.24, 2.45) is 0 Å². The van der Waals surface area contributed by atoms with Crippen LogP contribution in [0.5, 0.6) is 0 Å². The predicted octanol–water partition coefficient (Wildman–Crippen LogP) is 3.33. The number of likely N-dealkylation sites (N-methyl/N-ethyl adjacent to an activating group) is 1. The van der Waals surface area contributed by atoms with Crippen LogP contribution in [0.3, 0.4) is 0 Å². The van der Waals surface area contributed by atoms with E-state index in [-0.39, 0.29) is 0 Å². The van der Waals surface area contributed by atoms with Crippen molar-refractivity contribution in [1.29, 1.82) is 5.26 Å². The lowest BCUT2D eigenvalue weighted by molar-refractivity contribution is 0.245. The second-order valence-electron chi connectivity index (χ2n) is 5.61. The third-order valence-electron chi connectivity index (χ3n) is 3.99. The van der Waals surface area contributed by atoms with Crippen LogP contribution < -0.4 is 0 Å². The lowest BCUT2D eigenvalue weighted by Gasteiger charge is -2.24. The topological polar surface area (TPSA) is 44.3 Å². The molecule has 1 unspecified atom stereocenters. The Bertz CT molecular complexity index is 798. The minimum Gasteiger partial charge on any atom is -0.301 e. The Kier molecular flexibility index (Phi) is 4.23. The second kappa shape index (κ2) is 6.30. The van der Waals surface area contributed by atoms with Crippen LogP contribution in [-0.4, -0.2) is 27.4 Å². The summed E-state index contributed by atoms with van der Waals surface area (Å²) in [6.45, 7) is 3.04. The Morgan fingerprint density at radius 1 is 1.41 bits per heavy atom. The van der Waals surface area contributed by atoms with Gasteiger partial charge in [0.1, 0.15) is 11.7 Å². The molecule has 112 valence electrons. The van der Waals surface area contributed by atoms with E-state index >= 15 is 0 Å². The fraction of sp³-hybridized carbons (Fsp3) is 0.294. The van der Waals surface area contributed by atoms with Gasteiger partial charge in [-0.1, -0.05) is 0 Å². The Hall–Kier alpha value is -2.16. The first-order valence-electron chi connectivity index (χ1n) is 7.25. The summed E-state index contributed by atoms with van der Waals surface area (Å²) in [5.74, 6) is 0. The van der Waals surface area contributed by atoms with Gasteiger partial charge in [0, 0.05) is 18.8 Å². The molecule has 0 aliphatic rings. The van der Waals surface area contributed by atoms with E-state index in [1.165, 1.54) is 5.56 Å². The molecule has 0 aliphatic heterocycles. The Morgan fingerprint density at radius 2 is 2.27 bits per heavy atom.